The van der Waals surface area contributed by atoms with Gasteiger partial charge in [-0.1, -0.05) is 18.2 Å². The summed E-state index contributed by atoms with van der Waals surface area (Å²) in [6, 6.07) is 14.3. The van der Waals surface area contributed by atoms with Crippen LogP contribution in [-0.2, 0) is 11.3 Å². The van der Waals surface area contributed by atoms with E-state index >= 15 is 0 Å². The van der Waals surface area contributed by atoms with Crippen LogP contribution < -0.4 is 5.32 Å². The Morgan fingerprint density at radius 3 is 2.24 bits per heavy atom. The van der Waals surface area contributed by atoms with Crippen molar-refractivity contribution in [2.24, 2.45) is 0 Å². The number of hydrogen-bond donors (Lipinski definition) is 3. The number of nitrogens with zero attached hydrogens (tertiary/aromatic N) is 1. The van der Waals surface area contributed by atoms with E-state index in [4.69, 9.17) is 5.11 Å². The number of carboxylic acid groups (broad SMARTS) is 2. The van der Waals surface area contributed by atoms with Gasteiger partial charge in [-0.3, -0.25) is 4.79 Å². The Morgan fingerprint density at radius 1 is 0.920 bits per heavy atom. The van der Waals surface area contributed by atoms with Crippen molar-refractivity contribution in [3.63, 3.8) is 0 Å². The third-order valence-corrected chi connectivity index (χ3v) is 3.75. The van der Waals surface area contributed by atoms with Gasteiger partial charge in [0.25, 0.3) is 0 Å². The number of carbonyl (C=O) groups is 3. The van der Waals surface area contributed by atoms with E-state index in [-0.39, 0.29) is 17.8 Å². The number of hydrogen-bond acceptors (Lipinski definition) is 3. The Kier molecular flexibility index (Phi) is 4.21. The molecule has 25 heavy (non-hydrogen) atoms. The van der Waals surface area contributed by atoms with Crippen molar-refractivity contribution in [1.82, 2.24) is 4.57 Å². The maximum atomic E-state index is 12.3. The van der Waals surface area contributed by atoms with E-state index in [1.807, 2.05) is 0 Å². The average molecular weight is 338 g/mol. The molecule has 0 aliphatic rings. The van der Waals surface area contributed by atoms with Crippen LogP contribution in [0.5, 0.6) is 0 Å². The predicted molar refractivity (Wildman–Crippen MR) is 90.9 cm³/mol. The van der Waals surface area contributed by atoms with Gasteiger partial charge in [-0.05, 0) is 36.4 Å². The smallest absolute Gasteiger partial charge is 0.352 e. The molecule has 0 saturated carbocycles. The van der Waals surface area contributed by atoms with Crippen LogP contribution in [0.2, 0.25) is 0 Å². The summed E-state index contributed by atoms with van der Waals surface area (Å²) < 4.78 is 1.43. The van der Waals surface area contributed by atoms with Crippen LogP contribution in [0.15, 0.2) is 54.6 Å². The van der Waals surface area contributed by atoms with E-state index in [0.717, 1.165) is 5.39 Å². The van der Waals surface area contributed by atoms with E-state index < -0.39 is 17.8 Å². The molecular weight excluding hydrogens is 324 g/mol. The largest absolute Gasteiger partial charge is 0.478 e. The molecule has 0 unspecified atom stereocenters. The summed E-state index contributed by atoms with van der Waals surface area (Å²) in [5, 5.41) is 21.6. The van der Waals surface area contributed by atoms with Crippen molar-refractivity contribution >= 4 is 34.4 Å². The van der Waals surface area contributed by atoms with E-state index in [1.54, 1.807) is 24.3 Å². The number of aromatic carboxylic acids is 2. The third-order valence-electron chi connectivity index (χ3n) is 3.75. The van der Waals surface area contributed by atoms with Crippen molar-refractivity contribution in [1.29, 1.82) is 0 Å². The zero-order valence-corrected chi connectivity index (χ0v) is 13.0. The highest BCUT2D eigenvalue weighted by Gasteiger charge is 2.16. The van der Waals surface area contributed by atoms with Crippen LogP contribution >= 0.6 is 0 Å². The van der Waals surface area contributed by atoms with Crippen molar-refractivity contribution in [3.8, 4) is 0 Å². The quantitative estimate of drug-likeness (QED) is 0.663. The lowest BCUT2D eigenvalue weighted by Gasteiger charge is -2.09. The monoisotopic (exact) mass is 338 g/mol. The summed E-state index contributed by atoms with van der Waals surface area (Å²) in [5.74, 6) is -2.58. The molecule has 1 heterocycles. The predicted octanol–water partition coefficient (Wildman–Crippen LogP) is 2.68. The molecule has 7 nitrogen and oxygen atoms in total. The molecule has 0 bridgehead atoms. The minimum Gasteiger partial charge on any atom is -0.478 e. The van der Waals surface area contributed by atoms with Crippen LogP contribution in [0.25, 0.3) is 10.9 Å². The highest BCUT2D eigenvalue weighted by atomic mass is 16.4. The second kappa shape index (κ2) is 6.48. The molecule has 0 radical (unpaired) electrons. The van der Waals surface area contributed by atoms with Gasteiger partial charge in [-0.2, -0.15) is 0 Å². The molecule has 0 spiro atoms. The number of carbonyl (C=O) groups excluding carboxylic acids is 1. The molecular formula is C18H14N2O5. The van der Waals surface area contributed by atoms with Crippen molar-refractivity contribution in [3.05, 3.63) is 65.9 Å². The van der Waals surface area contributed by atoms with E-state index in [1.165, 1.54) is 34.9 Å². The average Bonchev–Trinajstić information content (AvgIpc) is 2.94. The number of amides is 1. The second-order valence-electron chi connectivity index (χ2n) is 5.41. The van der Waals surface area contributed by atoms with Gasteiger partial charge in [-0.25, -0.2) is 9.59 Å². The van der Waals surface area contributed by atoms with Crippen molar-refractivity contribution in [2.75, 3.05) is 5.32 Å². The molecule has 126 valence electrons. The molecule has 3 rings (SSSR count). The number of rotatable bonds is 5. The second-order valence-corrected chi connectivity index (χ2v) is 5.41. The Balaban J connectivity index is 1.83. The first kappa shape index (κ1) is 16.3. The highest BCUT2D eigenvalue weighted by Crippen LogP contribution is 2.20. The van der Waals surface area contributed by atoms with Gasteiger partial charge < -0.3 is 20.1 Å². The van der Waals surface area contributed by atoms with E-state index in [0.29, 0.717) is 11.2 Å². The van der Waals surface area contributed by atoms with Gasteiger partial charge in [0.1, 0.15) is 12.2 Å². The first-order chi connectivity index (χ1) is 12.0. The van der Waals surface area contributed by atoms with Gasteiger partial charge in [0.15, 0.2) is 0 Å². The Bertz CT molecular complexity index is 973. The maximum absolute atomic E-state index is 12.3. The maximum Gasteiger partial charge on any atom is 0.352 e. The molecule has 0 atom stereocenters. The molecule has 0 saturated heterocycles. The van der Waals surface area contributed by atoms with Crippen molar-refractivity contribution in [2.45, 2.75) is 6.54 Å². The minimum atomic E-state index is -1.12. The number of para-hydroxylation sites is 1. The van der Waals surface area contributed by atoms with Gasteiger partial charge in [0.2, 0.25) is 5.91 Å². The summed E-state index contributed by atoms with van der Waals surface area (Å²) in [5.41, 5.74) is 1.22. The molecule has 0 fully saturated rings. The molecule has 3 N–H and O–H groups in total. The number of fused-ring (bicyclic) bond motifs is 1. The lowest BCUT2D eigenvalue weighted by atomic mass is 10.2. The molecule has 1 amide bonds. The van der Waals surface area contributed by atoms with E-state index in [2.05, 4.69) is 5.32 Å². The number of nitrogens with one attached hydrogen (secondary N) is 1. The fourth-order valence-electron chi connectivity index (χ4n) is 2.60. The van der Waals surface area contributed by atoms with Gasteiger partial charge in [-0.15, -0.1) is 0 Å². The standard InChI is InChI=1S/C18H14N2O5/c21-16(19-13-7-5-11(6-8-13)17(22)23)10-20-14-4-2-1-3-12(14)9-15(20)18(24)25/h1-9H,10H2,(H,19,21)(H,22,23)(H,24,25). The zero-order chi connectivity index (χ0) is 18.0. The normalized spacial score (nSPS) is 10.6. The lowest BCUT2D eigenvalue weighted by Crippen LogP contribution is -2.21. The zero-order valence-electron chi connectivity index (χ0n) is 13.0. The summed E-state index contributed by atoms with van der Waals surface area (Å²) >= 11 is 0. The minimum absolute atomic E-state index is 0.0255. The van der Waals surface area contributed by atoms with Crippen LogP contribution in [0.4, 0.5) is 5.69 Å². The topological polar surface area (TPSA) is 109 Å². The summed E-state index contributed by atoms with van der Waals surface area (Å²) in [4.78, 5) is 34.5. The van der Waals surface area contributed by atoms with Crippen LogP contribution in [-0.4, -0.2) is 32.6 Å². The van der Waals surface area contributed by atoms with Gasteiger partial charge in [0, 0.05) is 16.6 Å². The summed E-state index contributed by atoms with van der Waals surface area (Å²) in [6.07, 6.45) is 0. The molecule has 3 aromatic rings. The first-order valence-corrected chi connectivity index (χ1v) is 7.40. The van der Waals surface area contributed by atoms with Crippen LogP contribution in [0, 0.1) is 0 Å². The fraction of sp³-hybridized carbons (Fsp3) is 0.0556. The highest BCUT2D eigenvalue weighted by molar-refractivity contribution is 5.97. The SMILES string of the molecule is O=C(Cn1c(C(=O)O)cc2ccccc21)Nc1ccc(C(=O)O)cc1. The van der Waals surface area contributed by atoms with Gasteiger partial charge >= 0.3 is 11.9 Å². The number of carboxylic acids is 2. The van der Waals surface area contributed by atoms with E-state index in [9.17, 15) is 19.5 Å². The molecule has 2 aromatic carbocycles. The van der Waals surface area contributed by atoms with Crippen molar-refractivity contribution < 1.29 is 24.6 Å². The van der Waals surface area contributed by atoms with Gasteiger partial charge in [0.05, 0.1) is 5.56 Å². The Labute approximate surface area is 142 Å². The Hall–Kier alpha value is -3.61. The fourth-order valence-corrected chi connectivity index (χ4v) is 2.60. The molecule has 0 aliphatic carbocycles. The molecule has 1 aromatic heterocycles. The van der Waals surface area contributed by atoms with Crippen LogP contribution in [0.1, 0.15) is 20.8 Å². The number of aromatic nitrogens is 1. The summed E-state index contributed by atoms with van der Waals surface area (Å²) in [7, 11) is 0. The van der Waals surface area contributed by atoms with Crippen LogP contribution in [0.3, 0.4) is 0 Å². The Morgan fingerprint density at radius 2 is 1.60 bits per heavy atom. The summed E-state index contributed by atoms with van der Waals surface area (Å²) in [6.45, 7) is -0.171. The third kappa shape index (κ3) is 3.35. The molecule has 7 heteroatoms. The number of anilines is 1. The lowest BCUT2D eigenvalue weighted by molar-refractivity contribution is -0.116. The number of benzene rings is 2. The molecule has 0 aliphatic heterocycles. The first-order valence-electron chi connectivity index (χ1n) is 7.40.